The van der Waals surface area contributed by atoms with Crippen molar-refractivity contribution < 1.29 is 0 Å². The molecule has 5 nitrogen and oxygen atoms in total. The van der Waals surface area contributed by atoms with Gasteiger partial charge in [-0.15, -0.1) is 5.10 Å². The standard InChI is InChI=1S/C18H23N5/c1-12-8-10-14(11-9-12)22(3)18-20-16-7-5-4-6-15(16)17-19-13(2)21-23(17)18/h4-7,12,14H,8-11H2,1-3H3. The molecule has 0 unspecified atom stereocenters. The zero-order valence-corrected chi connectivity index (χ0v) is 14.0. The number of hydrogen-bond acceptors (Lipinski definition) is 4. The van der Waals surface area contributed by atoms with Gasteiger partial charge in [-0.2, -0.15) is 4.52 Å². The van der Waals surface area contributed by atoms with Crippen LogP contribution in [0.5, 0.6) is 0 Å². The molecule has 2 aromatic heterocycles. The van der Waals surface area contributed by atoms with Gasteiger partial charge in [0.15, 0.2) is 5.65 Å². The first-order chi connectivity index (χ1) is 11.1. The predicted octanol–water partition coefficient (Wildman–Crippen LogP) is 3.60. The first-order valence-corrected chi connectivity index (χ1v) is 8.48. The van der Waals surface area contributed by atoms with Crippen LogP contribution in [0.4, 0.5) is 5.95 Å². The van der Waals surface area contributed by atoms with Crippen LogP contribution in [0.25, 0.3) is 16.6 Å². The van der Waals surface area contributed by atoms with Crippen molar-refractivity contribution in [3.05, 3.63) is 30.1 Å². The fraction of sp³-hybridized carbons (Fsp3) is 0.500. The molecule has 1 aliphatic carbocycles. The fourth-order valence-corrected chi connectivity index (χ4v) is 3.67. The lowest BCUT2D eigenvalue weighted by molar-refractivity contribution is 0.338. The minimum Gasteiger partial charge on any atom is -0.341 e. The van der Waals surface area contributed by atoms with Crippen molar-refractivity contribution in [2.45, 2.75) is 45.6 Å². The van der Waals surface area contributed by atoms with Crippen molar-refractivity contribution in [2.24, 2.45) is 5.92 Å². The van der Waals surface area contributed by atoms with E-state index >= 15 is 0 Å². The predicted molar refractivity (Wildman–Crippen MR) is 92.8 cm³/mol. The van der Waals surface area contributed by atoms with Gasteiger partial charge in [0.2, 0.25) is 5.95 Å². The van der Waals surface area contributed by atoms with Crippen LogP contribution >= 0.6 is 0 Å². The summed E-state index contributed by atoms with van der Waals surface area (Å²) in [7, 11) is 2.15. The maximum Gasteiger partial charge on any atom is 0.229 e. The Morgan fingerprint density at radius 2 is 1.83 bits per heavy atom. The molecule has 0 bridgehead atoms. The molecule has 0 saturated heterocycles. The summed E-state index contributed by atoms with van der Waals surface area (Å²) in [5.41, 5.74) is 1.89. The number of aryl methyl sites for hydroxylation is 1. The second-order valence-electron chi connectivity index (χ2n) is 6.85. The highest BCUT2D eigenvalue weighted by molar-refractivity contribution is 5.92. The first kappa shape index (κ1) is 14.4. The van der Waals surface area contributed by atoms with E-state index in [0.29, 0.717) is 6.04 Å². The number of fused-ring (bicyclic) bond motifs is 3. The van der Waals surface area contributed by atoms with E-state index in [4.69, 9.17) is 4.98 Å². The molecule has 0 amide bonds. The molecule has 0 atom stereocenters. The molecule has 23 heavy (non-hydrogen) atoms. The molecular formula is C18H23N5. The number of nitrogens with zero attached hydrogens (tertiary/aromatic N) is 5. The van der Waals surface area contributed by atoms with E-state index in [1.165, 1.54) is 25.7 Å². The molecule has 5 heteroatoms. The van der Waals surface area contributed by atoms with Gasteiger partial charge in [-0.05, 0) is 50.7 Å². The van der Waals surface area contributed by atoms with E-state index < -0.39 is 0 Å². The zero-order valence-electron chi connectivity index (χ0n) is 14.0. The van der Waals surface area contributed by atoms with Crippen molar-refractivity contribution in [1.29, 1.82) is 0 Å². The maximum atomic E-state index is 4.90. The maximum absolute atomic E-state index is 4.90. The van der Waals surface area contributed by atoms with Crippen molar-refractivity contribution >= 4 is 22.5 Å². The van der Waals surface area contributed by atoms with Crippen molar-refractivity contribution in [3.8, 4) is 0 Å². The fourth-order valence-electron chi connectivity index (χ4n) is 3.67. The largest absolute Gasteiger partial charge is 0.341 e. The molecular weight excluding hydrogens is 286 g/mol. The van der Waals surface area contributed by atoms with E-state index in [1.54, 1.807) is 0 Å². The van der Waals surface area contributed by atoms with Crippen molar-refractivity contribution in [2.75, 3.05) is 11.9 Å². The molecule has 0 radical (unpaired) electrons. The molecule has 0 N–H and O–H groups in total. The topological polar surface area (TPSA) is 46.3 Å². The average Bonchev–Trinajstić information content (AvgIpc) is 2.96. The van der Waals surface area contributed by atoms with E-state index in [1.807, 2.05) is 23.6 Å². The minimum absolute atomic E-state index is 0.535. The van der Waals surface area contributed by atoms with Gasteiger partial charge in [-0.1, -0.05) is 19.1 Å². The molecule has 1 fully saturated rings. The van der Waals surface area contributed by atoms with Crippen LogP contribution in [0.3, 0.4) is 0 Å². The lowest BCUT2D eigenvalue weighted by Gasteiger charge is -2.34. The van der Waals surface area contributed by atoms with E-state index in [0.717, 1.165) is 34.2 Å². The van der Waals surface area contributed by atoms with Crippen molar-refractivity contribution in [3.63, 3.8) is 0 Å². The highest BCUT2D eigenvalue weighted by Gasteiger charge is 2.25. The van der Waals surface area contributed by atoms with E-state index in [-0.39, 0.29) is 0 Å². The van der Waals surface area contributed by atoms with Crippen LogP contribution in [0, 0.1) is 12.8 Å². The second-order valence-corrected chi connectivity index (χ2v) is 6.85. The average molecular weight is 309 g/mol. The summed E-state index contributed by atoms with van der Waals surface area (Å²) in [6, 6.07) is 8.71. The summed E-state index contributed by atoms with van der Waals surface area (Å²) in [6.45, 7) is 4.29. The molecule has 1 aromatic carbocycles. The number of para-hydroxylation sites is 1. The normalized spacial score (nSPS) is 21.9. The lowest BCUT2D eigenvalue weighted by atomic mass is 9.87. The highest BCUT2D eigenvalue weighted by Crippen LogP contribution is 2.30. The van der Waals surface area contributed by atoms with Gasteiger partial charge in [0.1, 0.15) is 5.82 Å². The summed E-state index contributed by atoms with van der Waals surface area (Å²) in [5, 5.41) is 5.65. The molecule has 4 rings (SSSR count). The smallest absolute Gasteiger partial charge is 0.229 e. The molecule has 2 heterocycles. The number of hydrogen-bond donors (Lipinski definition) is 0. The Kier molecular flexibility index (Phi) is 3.43. The molecule has 0 spiro atoms. The Labute approximate surface area is 136 Å². The Morgan fingerprint density at radius 3 is 2.61 bits per heavy atom. The van der Waals surface area contributed by atoms with Crippen LogP contribution in [0.15, 0.2) is 24.3 Å². The summed E-state index contributed by atoms with van der Waals surface area (Å²) in [5.74, 6) is 2.53. The molecule has 0 aliphatic heterocycles. The quantitative estimate of drug-likeness (QED) is 0.725. The number of rotatable bonds is 2. The molecule has 3 aromatic rings. The van der Waals surface area contributed by atoms with Crippen LogP contribution in [-0.2, 0) is 0 Å². The Bertz CT molecular complexity index is 845. The first-order valence-electron chi connectivity index (χ1n) is 8.48. The third-order valence-electron chi connectivity index (χ3n) is 5.12. The number of benzene rings is 1. The van der Waals surface area contributed by atoms with Gasteiger partial charge >= 0.3 is 0 Å². The zero-order chi connectivity index (χ0) is 16.0. The highest BCUT2D eigenvalue weighted by atomic mass is 15.4. The Morgan fingerprint density at radius 1 is 1.09 bits per heavy atom. The Balaban J connectivity index is 1.84. The van der Waals surface area contributed by atoms with Gasteiger partial charge in [0.05, 0.1) is 5.52 Å². The third kappa shape index (κ3) is 2.44. The van der Waals surface area contributed by atoms with E-state index in [9.17, 15) is 0 Å². The second kappa shape index (κ2) is 5.48. The van der Waals surface area contributed by atoms with Crippen molar-refractivity contribution in [1.82, 2.24) is 19.6 Å². The van der Waals surface area contributed by atoms with Gasteiger partial charge < -0.3 is 4.90 Å². The molecule has 1 aliphatic rings. The lowest BCUT2D eigenvalue weighted by Crippen LogP contribution is -2.36. The molecule has 1 saturated carbocycles. The number of aromatic nitrogens is 4. The SMILES string of the molecule is Cc1nc2c3ccccc3nc(N(C)C3CCC(C)CC3)n2n1. The monoisotopic (exact) mass is 309 g/mol. The van der Waals surface area contributed by atoms with Gasteiger partial charge in [0, 0.05) is 18.5 Å². The summed E-state index contributed by atoms with van der Waals surface area (Å²) in [4.78, 5) is 11.8. The van der Waals surface area contributed by atoms with Crippen LogP contribution in [-0.4, -0.2) is 32.7 Å². The minimum atomic E-state index is 0.535. The van der Waals surface area contributed by atoms with Gasteiger partial charge in [0.25, 0.3) is 0 Å². The third-order valence-corrected chi connectivity index (χ3v) is 5.12. The summed E-state index contributed by atoms with van der Waals surface area (Å²) in [6.07, 6.45) is 5.03. The van der Waals surface area contributed by atoms with Gasteiger partial charge in [-0.25, -0.2) is 9.97 Å². The number of anilines is 1. The van der Waals surface area contributed by atoms with E-state index in [2.05, 4.69) is 41.1 Å². The Hall–Kier alpha value is -2.17. The van der Waals surface area contributed by atoms with Crippen LogP contribution in [0.1, 0.15) is 38.4 Å². The molecule has 120 valence electrons. The van der Waals surface area contributed by atoms with Gasteiger partial charge in [-0.3, -0.25) is 0 Å². The summed E-state index contributed by atoms with van der Waals surface area (Å²) < 4.78 is 1.91. The summed E-state index contributed by atoms with van der Waals surface area (Å²) >= 11 is 0. The van der Waals surface area contributed by atoms with Crippen LogP contribution < -0.4 is 4.90 Å². The van der Waals surface area contributed by atoms with Crippen LogP contribution in [0.2, 0.25) is 0 Å².